The molecule has 120 valence electrons. The van der Waals surface area contributed by atoms with Gasteiger partial charge in [-0.05, 0) is 31.7 Å². The number of fused-ring (bicyclic) bond motifs is 1. The molecule has 0 saturated heterocycles. The minimum absolute atomic E-state index is 0.0814. The van der Waals surface area contributed by atoms with Gasteiger partial charge in [-0.2, -0.15) is 0 Å². The first-order valence-electron chi connectivity index (χ1n) is 8.76. The van der Waals surface area contributed by atoms with E-state index in [2.05, 4.69) is 25.2 Å². The highest BCUT2D eigenvalue weighted by atomic mass is 16.5. The lowest BCUT2D eigenvalue weighted by molar-refractivity contribution is -0.126. The van der Waals surface area contributed by atoms with Gasteiger partial charge in [-0.3, -0.25) is 4.79 Å². The van der Waals surface area contributed by atoms with Crippen LogP contribution < -0.4 is 10.1 Å². The zero-order valence-corrected chi connectivity index (χ0v) is 13.7. The lowest BCUT2D eigenvalue weighted by Gasteiger charge is -2.42. The first kappa shape index (κ1) is 15.4. The van der Waals surface area contributed by atoms with Crippen molar-refractivity contribution in [3.8, 4) is 5.75 Å². The molecule has 3 rings (SSSR count). The molecule has 1 aromatic rings. The highest BCUT2D eigenvalue weighted by Crippen LogP contribution is 2.42. The van der Waals surface area contributed by atoms with Crippen molar-refractivity contribution in [1.82, 2.24) is 5.32 Å². The van der Waals surface area contributed by atoms with Crippen LogP contribution in [0.4, 0.5) is 0 Å². The van der Waals surface area contributed by atoms with Gasteiger partial charge in [0.15, 0.2) is 0 Å². The second kappa shape index (κ2) is 6.31. The predicted molar refractivity (Wildman–Crippen MR) is 87.8 cm³/mol. The summed E-state index contributed by atoms with van der Waals surface area (Å²) in [5.74, 6) is 1.39. The SMILES string of the molecule is CCC1(CC)C[C@@H](NC(=O)C2CCCC2)c2ccccc2O1. The van der Waals surface area contributed by atoms with E-state index in [0.29, 0.717) is 0 Å². The van der Waals surface area contributed by atoms with Gasteiger partial charge in [0.05, 0.1) is 6.04 Å². The summed E-state index contributed by atoms with van der Waals surface area (Å²) in [6.45, 7) is 4.35. The summed E-state index contributed by atoms with van der Waals surface area (Å²) in [6, 6.07) is 8.24. The van der Waals surface area contributed by atoms with Crippen LogP contribution in [0.1, 0.15) is 70.4 Å². The second-order valence-corrected chi connectivity index (χ2v) is 6.78. The number of carbonyl (C=O) groups excluding carboxylic acids is 1. The standard InChI is InChI=1S/C19H27NO2/c1-3-19(4-2)13-16(15-11-7-8-12-17(15)22-19)20-18(21)14-9-5-6-10-14/h7-8,11-12,14,16H,3-6,9-10,13H2,1-2H3,(H,20,21)/t16-/m1/s1. The molecule has 22 heavy (non-hydrogen) atoms. The van der Waals surface area contributed by atoms with E-state index in [9.17, 15) is 4.79 Å². The fourth-order valence-corrected chi connectivity index (χ4v) is 3.91. The van der Waals surface area contributed by atoms with Crippen LogP contribution in [-0.4, -0.2) is 11.5 Å². The molecule has 1 amide bonds. The number of carbonyl (C=O) groups is 1. The third kappa shape index (κ3) is 2.86. The molecule has 1 N–H and O–H groups in total. The molecule has 1 aliphatic carbocycles. The van der Waals surface area contributed by atoms with Gasteiger partial charge >= 0.3 is 0 Å². The normalized spacial score (nSPS) is 23.6. The smallest absolute Gasteiger partial charge is 0.223 e. The Kier molecular flexibility index (Phi) is 4.42. The van der Waals surface area contributed by atoms with E-state index in [-0.39, 0.29) is 23.5 Å². The largest absolute Gasteiger partial charge is 0.487 e. The molecule has 0 aromatic heterocycles. The highest BCUT2D eigenvalue weighted by molar-refractivity contribution is 5.79. The monoisotopic (exact) mass is 301 g/mol. The molecule has 1 heterocycles. The number of para-hydroxylation sites is 1. The number of amides is 1. The van der Waals surface area contributed by atoms with Gasteiger partial charge in [-0.15, -0.1) is 0 Å². The fraction of sp³-hybridized carbons (Fsp3) is 0.632. The zero-order valence-electron chi connectivity index (χ0n) is 13.7. The van der Waals surface area contributed by atoms with Crippen LogP contribution in [0.3, 0.4) is 0 Å². The number of hydrogen-bond acceptors (Lipinski definition) is 2. The summed E-state index contributed by atoms with van der Waals surface area (Å²) in [6.07, 6.45) is 7.27. The lowest BCUT2D eigenvalue weighted by atomic mass is 9.83. The molecule has 1 aliphatic heterocycles. The number of hydrogen-bond donors (Lipinski definition) is 1. The fourth-order valence-electron chi connectivity index (χ4n) is 3.91. The third-order valence-electron chi connectivity index (χ3n) is 5.53. The first-order valence-corrected chi connectivity index (χ1v) is 8.76. The maximum absolute atomic E-state index is 12.6. The Bertz CT molecular complexity index is 530. The van der Waals surface area contributed by atoms with Crippen LogP contribution in [0.25, 0.3) is 0 Å². The van der Waals surface area contributed by atoms with E-state index >= 15 is 0 Å². The maximum Gasteiger partial charge on any atom is 0.223 e. The topological polar surface area (TPSA) is 38.3 Å². The van der Waals surface area contributed by atoms with Crippen molar-refractivity contribution >= 4 is 5.91 Å². The molecule has 1 aromatic carbocycles. The number of benzene rings is 1. The molecule has 0 radical (unpaired) electrons. The number of nitrogens with one attached hydrogen (secondary N) is 1. The van der Waals surface area contributed by atoms with Crippen molar-refractivity contribution in [3.05, 3.63) is 29.8 Å². The molecule has 0 spiro atoms. The van der Waals surface area contributed by atoms with Crippen LogP contribution in [0.5, 0.6) is 5.75 Å². The molecule has 3 nitrogen and oxygen atoms in total. The maximum atomic E-state index is 12.6. The van der Waals surface area contributed by atoms with Crippen molar-refractivity contribution in [3.63, 3.8) is 0 Å². The van der Waals surface area contributed by atoms with Crippen LogP contribution in [0.2, 0.25) is 0 Å². The average molecular weight is 301 g/mol. The molecule has 1 saturated carbocycles. The number of rotatable bonds is 4. The van der Waals surface area contributed by atoms with E-state index in [1.54, 1.807) is 0 Å². The first-order chi connectivity index (χ1) is 10.7. The van der Waals surface area contributed by atoms with Crippen molar-refractivity contribution < 1.29 is 9.53 Å². The van der Waals surface area contributed by atoms with E-state index < -0.39 is 0 Å². The summed E-state index contributed by atoms with van der Waals surface area (Å²) in [5, 5.41) is 3.32. The Morgan fingerprint density at radius 1 is 1.23 bits per heavy atom. The molecule has 0 unspecified atom stereocenters. The van der Waals surface area contributed by atoms with Crippen LogP contribution in [-0.2, 0) is 4.79 Å². The Balaban J connectivity index is 1.83. The molecule has 1 atom stereocenters. The van der Waals surface area contributed by atoms with E-state index in [4.69, 9.17) is 4.74 Å². The minimum atomic E-state index is -0.151. The quantitative estimate of drug-likeness (QED) is 0.896. The summed E-state index contributed by atoms with van der Waals surface area (Å²) in [4.78, 5) is 12.6. The molecule has 1 fully saturated rings. The molecule has 2 aliphatic rings. The number of ether oxygens (including phenoxy) is 1. The van der Waals surface area contributed by atoms with Gasteiger partial charge < -0.3 is 10.1 Å². The van der Waals surface area contributed by atoms with Crippen LogP contribution in [0, 0.1) is 5.92 Å². The van der Waals surface area contributed by atoms with Crippen molar-refractivity contribution in [2.75, 3.05) is 0 Å². The summed E-state index contributed by atoms with van der Waals surface area (Å²) in [7, 11) is 0. The molecule has 3 heteroatoms. The van der Waals surface area contributed by atoms with E-state index in [1.807, 2.05) is 18.2 Å². The van der Waals surface area contributed by atoms with Gasteiger partial charge in [0.25, 0.3) is 0 Å². The van der Waals surface area contributed by atoms with Crippen molar-refractivity contribution in [2.24, 2.45) is 5.92 Å². The second-order valence-electron chi connectivity index (χ2n) is 6.78. The molecular formula is C19H27NO2. The Morgan fingerprint density at radius 3 is 2.59 bits per heavy atom. The highest BCUT2D eigenvalue weighted by Gasteiger charge is 2.39. The molecular weight excluding hydrogens is 274 g/mol. The van der Waals surface area contributed by atoms with Crippen LogP contribution in [0.15, 0.2) is 24.3 Å². The summed E-state index contributed by atoms with van der Waals surface area (Å²) in [5.41, 5.74) is 0.980. The summed E-state index contributed by atoms with van der Waals surface area (Å²) < 4.78 is 6.30. The molecule has 0 bridgehead atoms. The van der Waals surface area contributed by atoms with E-state index in [1.165, 1.54) is 12.8 Å². The van der Waals surface area contributed by atoms with Gasteiger partial charge in [0.1, 0.15) is 11.4 Å². The average Bonchev–Trinajstić information content (AvgIpc) is 3.09. The van der Waals surface area contributed by atoms with E-state index in [0.717, 1.165) is 43.4 Å². The van der Waals surface area contributed by atoms with Crippen molar-refractivity contribution in [1.29, 1.82) is 0 Å². The van der Waals surface area contributed by atoms with Crippen molar-refractivity contribution in [2.45, 2.75) is 70.4 Å². The third-order valence-corrected chi connectivity index (χ3v) is 5.53. The Labute approximate surface area is 133 Å². The predicted octanol–water partition coefficient (Wildman–Crippen LogP) is 4.38. The summed E-state index contributed by atoms with van der Waals surface area (Å²) >= 11 is 0. The van der Waals surface area contributed by atoms with Gasteiger partial charge in [0, 0.05) is 17.9 Å². The van der Waals surface area contributed by atoms with Gasteiger partial charge in [-0.1, -0.05) is 44.9 Å². The Morgan fingerprint density at radius 2 is 1.91 bits per heavy atom. The Hall–Kier alpha value is -1.51. The van der Waals surface area contributed by atoms with Gasteiger partial charge in [0.2, 0.25) is 5.91 Å². The zero-order chi connectivity index (χ0) is 15.6. The van der Waals surface area contributed by atoms with Crippen LogP contribution >= 0.6 is 0 Å². The lowest BCUT2D eigenvalue weighted by Crippen LogP contribution is -2.45. The minimum Gasteiger partial charge on any atom is -0.487 e. The van der Waals surface area contributed by atoms with Gasteiger partial charge in [-0.25, -0.2) is 0 Å².